The van der Waals surface area contributed by atoms with Gasteiger partial charge in [-0.25, -0.2) is 0 Å². The summed E-state index contributed by atoms with van der Waals surface area (Å²) in [7, 11) is 0. The van der Waals surface area contributed by atoms with E-state index in [-0.39, 0.29) is 5.54 Å². The second kappa shape index (κ2) is 3.59. The molecule has 1 saturated heterocycles. The van der Waals surface area contributed by atoms with Crippen LogP contribution >= 0.6 is 11.8 Å². The Morgan fingerprint density at radius 1 is 1.29 bits per heavy atom. The Balaban J connectivity index is 2.17. The Kier molecular flexibility index (Phi) is 2.58. The molecule has 0 radical (unpaired) electrons. The van der Waals surface area contributed by atoms with Crippen LogP contribution in [0.25, 0.3) is 0 Å². The van der Waals surface area contributed by atoms with E-state index in [0.717, 1.165) is 6.54 Å². The van der Waals surface area contributed by atoms with Crippen molar-refractivity contribution in [3.05, 3.63) is 29.8 Å². The van der Waals surface area contributed by atoms with E-state index in [1.165, 1.54) is 10.5 Å². The molecule has 1 nitrogen and oxygen atoms in total. The molecule has 2 rings (SSSR count). The second-order valence-electron chi connectivity index (χ2n) is 4.43. The van der Waals surface area contributed by atoms with Crippen LogP contribution in [0, 0.1) is 0 Å². The van der Waals surface area contributed by atoms with Gasteiger partial charge in [0.1, 0.15) is 0 Å². The van der Waals surface area contributed by atoms with E-state index in [4.69, 9.17) is 0 Å². The fraction of sp³-hybridized carbons (Fsp3) is 0.500. The summed E-state index contributed by atoms with van der Waals surface area (Å²) in [4.78, 5) is 1.35. The van der Waals surface area contributed by atoms with Gasteiger partial charge in [-0.05, 0) is 37.8 Å². The highest BCUT2D eigenvalue weighted by Gasteiger charge is 2.38. The molecule has 1 unspecified atom stereocenters. The van der Waals surface area contributed by atoms with E-state index in [2.05, 4.69) is 49.7 Å². The highest BCUT2D eigenvalue weighted by atomic mass is 32.2. The lowest BCUT2D eigenvalue weighted by atomic mass is 9.75. The molecule has 1 aliphatic rings. The van der Waals surface area contributed by atoms with Crippen LogP contribution in [0.2, 0.25) is 0 Å². The number of rotatable bonds is 2. The quantitative estimate of drug-likeness (QED) is 0.748. The Morgan fingerprint density at radius 2 is 1.93 bits per heavy atom. The minimum atomic E-state index is 0.279. The smallest absolute Gasteiger partial charge is 0.0206 e. The van der Waals surface area contributed by atoms with Gasteiger partial charge in [0.05, 0.1) is 0 Å². The molecule has 0 aromatic heterocycles. The third-order valence-corrected chi connectivity index (χ3v) is 3.89. The maximum atomic E-state index is 3.46. The maximum Gasteiger partial charge on any atom is 0.0206 e. The zero-order valence-corrected chi connectivity index (χ0v) is 9.82. The van der Waals surface area contributed by atoms with E-state index in [0.29, 0.717) is 5.92 Å². The molecule has 1 atom stereocenters. The molecular formula is C12H17NS. The molecule has 76 valence electrons. The van der Waals surface area contributed by atoms with Crippen LogP contribution < -0.4 is 5.32 Å². The number of hydrogen-bond donors (Lipinski definition) is 1. The van der Waals surface area contributed by atoms with Crippen LogP contribution in [-0.2, 0) is 0 Å². The molecule has 1 N–H and O–H groups in total. The van der Waals surface area contributed by atoms with Gasteiger partial charge in [-0.15, -0.1) is 11.8 Å². The largest absolute Gasteiger partial charge is 0.310 e. The summed E-state index contributed by atoms with van der Waals surface area (Å²) >= 11 is 1.80. The van der Waals surface area contributed by atoms with Crippen molar-refractivity contribution in [3.8, 4) is 0 Å². The average molecular weight is 207 g/mol. The van der Waals surface area contributed by atoms with Gasteiger partial charge < -0.3 is 5.32 Å². The maximum absolute atomic E-state index is 3.46. The molecule has 1 aromatic carbocycles. The minimum Gasteiger partial charge on any atom is -0.310 e. The standard InChI is InChI=1S/C12H17NS/c1-12(2)11(8-13-12)9-4-6-10(14-3)7-5-9/h4-7,11,13H,8H2,1-3H3. The summed E-state index contributed by atoms with van der Waals surface area (Å²) in [6.45, 7) is 5.65. The van der Waals surface area contributed by atoms with Crippen LogP contribution in [0.3, 0.4) is 0 Å². The van der Waals surface area contributed by atoms with Crippen molar-refractivity contribution in [3.63, 3.8) is 0 Å². The molecule has 1 aromatic rings. The van der Waals surface area contributed by atoms with Crippen molar-refractivity contribution in [2.24, 2.45) is 0 Å². The van der Waals surface area contributed by atoms with Crippen LogP contribution in [-0.4, -0.2) is 18.3 Å². The van der Waals surface area contributed by atoms with Crippen molar-refractivity contribution in [1.82, 2.24) is 5.32 Å². The summed E-state index contributed by atoms with van der Waals surface area (Å²) in [5, 5.41) is 3.46. The van der Waals surface area contributed by atoms with Crippen molar-refractivity contribution >= 4 is 11.8 Å². The number of thioether (sulfide) groups is 1. The van der Waals surface area contributed by atoms with Gasteiger partial charge >= 0.3 is 0 Å². The van der Waals surface area contributed by atoms with Gasteiger partial charge in [0, 0.05) is 22.9 Å². The van der Waals surface area contributed by atoms with Gasteiger partial charge in [-0.3, -0.25) is 0 Å². The third kappa shape index (κ3) is 1.69. The molecule has 1 heterocycles. The van der Waals surface area contributed by atoms with Crippen LogP contribution in [0.1, 0.15) is 25.3 Å². The molecule has 1 fully saturated rings. The Morgan fingerprint density at radius 3 is 2.29 bits per heavy atom. The van der Waals surface area contributed by atoms with Crippen molar-refractivity contribution in [1.29, 1.82) is 0 Å². The molecule has 0 aliphatic carbocycles. The van der Waals surface area contributed by atoms with Crippen LogP contribution in [0.15, 0.2) is 29.2 Å². The SMILES string of the molecule is CSc1ccc(C2CNC2(C)C)cc1. The second-order valence-corrected chi connectivity index (χ2v) is 5.31. The van der Waals surface area contributed by atoms with E-state index in [9.17, 15) is 0 Å². The first-order valence-corrected chi connectivity index (χ1v) is 6.25. The molecule has 0 amide bonds. The molecule has 2 heteroatoms. The highest BCUT2D eigenvalue weighted by molar-refractivity contribution is 7.98. The zero-order valence-electron chi connectivity index (χ0n) is 9.00. The third-order valence-electron chi connectivity index (χ3n) is 3.15. The Hall–Kier alpha value is -0.470. The van der Waals surface area contributed by atoms with E-state index in [1.54, 1.807) is 11.8 Å². The first kappa shape index (κ1) is 10.1. The lowest BCUT2D eigenvalue weighted by Gasteiger charge is -2.46. The molecular weight excluding hydrogens is 190 g/mol. The van der Waals surface area contributed by atoms with Gasteiger partial charge in [0.25, 0.3) is 0 Å². The fourth-order valence-electron chi connectivity index (χ4n) is 1.98. The van der Waals surface area contributed by atoms with E-state index < -0.39 is 0 Å². The summed E-state index contributed by atoms with van der Waals surface area (Å²) in [5.41, 5.74) is 1.74. The van der Waals surface area contributed by atoms with Crippen molar-refractivity contribution < 1.29 is 0 Å². The molecule has 1 aliphatic heterocycles. The minimum absolute atomic E-state index is 0.279. The fourth-order valence-corrected chi connectivity index (χ4v) is 2.39. The van der Waals surface area contributed by atoms with Gasteiger partial charge in [-0.2, -0.15) is 0 Å². The number of benzene rings is 1. The van der Waals surface area contributed by atoms with Crippen LogP contribution in [0.5, 0.6) is 0 Å². The first-order chi connectivity index (χ1) is 6.63. The van der Waals surface area contributed by atoms with Gasteiger partial charge in [0.15, 0.2) is 0 Å². The first-order valence-electron chi connectivity index (χ1n) is 5.02. The topological polar surface area (TPSA) is 12.0 Å². The van der Waals surface area contributed by atoms with Gasteiger partial charge in [0.2, 0.25) is 0 Å². The van der Waals surface area contributed by atoms with Crippen molar-refractivity contribution in [2.75, 3.05) is 12.8 Å². The lowest BCUT2D eigenvalue weighted by Crippen LogP contribution is -2.59. The van der Waals surface area contributed by atoms with Crippen LogP contribution in [0.4, 0.5) is 0 Å². The number of hydrogen-bond acceptors (Lipinski definition) is 2. The summed E-state index contributed by atoms with van der Waals surface area (Å²) in [6, 6.07) is 8.96. The summed E-state index contributed by atoms with van der Waals surface area (Å²) in [5.74, 6) is 0.679. The van der Waals surface area contributed by atoms with E-state index in [1.807, 2.05) is 0 Å². The zero-order chi connectivity index (χ0) is 10.2. The highest BCUT2D eigenvalue weighted by Crippen LogP contribution is 2.35. The normalized spacial score (nSPS) is 24.4. The Labute approximate surface area is 90.3 Å². The number of nitrogens with one attached hydrogen (secondary N) is 1. The average Bonchev–Trinajstić information content (AvgIpc) is 2.18. The molecule has 0 saturated carbocycles. The summed E-state index contributed by atoms with van der Waals surface area (Å²) < 4.78 is 0. The Bertz CT molecular complexity index is 316. The van der Waals surface area contributed by atoms with Gasteiger partial charge in [-0.1, -0.05) is 12.1 Å². The molecule has 0 spiro atoms. The predicted octanol–water partition coefficient (Wildman–Crippen LogP) is 2.87. The van der Waals surface area contributed by atoms with E-state index >= 15 is 0 Å². The van der Waals surface area contributed by atoms with Crippen molar-refractivity contribution in [2.45, 2.75) is 30.2 Å². The molecule has 14 heavy (non-hydrogen) atoms. The summed E-state index contributed by atoms with van der Waals surface area (Å²) in [6.07, 6.45) is 2.11. The predicted molar refractivity (Wildman–Crippen MR) is 63.0 cm³/mol. The monoisotopic (exact) mass is 207 g/mol. The lowest BCUT2D eigenvalue weighted by molar-refractivity contribution is 0.208. The molecule has 0 bridgehead atoms.